The number of nitrogens with zero attached hydrogens (tertiary/aromatic N) is 1. The minimum absolute atomic E-state index is 0.136. The van der Waals surface area contributed by atoms with Crippen LogP contribution in [0, 0.1) is 0 Å². The molecule has 0 N–H and O–H groups in total. The zero-order valence-corrected chi connectivity index (χ0v) is 15.5. The van der Waals surface area contributed by atoms with E-state index in [4.69, 9.17) is 4.84 Å². The van der Waals surface area contributed by atoms with Crippen molar-refractivity contribution >= 4 is 11.9 Å². The average Bonchev–Trinajstić information content (AvgIpc) is 3.09. The van der Waals surface area contributed by atoms with Gasteiger partial charge in [0.2, 0.25) is 0 Å². The first-order chi connectivity index (χ1) is 13.7. The maximum absolute atomic E-state index is 12.3. The van der Waals surface area contributed by atoms with Crippen molar-refractivity contribution in [1.82, 2.24) is 5.06 Å². The molecule has 4 nitrogen and oxygen atoms in total. The summed E-state index contributed by atoms with van der Waals surface area (Å²) in [7, 11) is 0. The summed E-state index contributed by atoms with van der Waals surface area (Å²) < 4.78 is 0. The summed E-state index contributed by atoms with van der Waals surface area (Å²) in [6.07, 6.45) is 1.74. The molecule has 0 bridgehead atoms. The molecule has 0 radical (unpaired) electrons. The first-order valence-electron chi connectivity index (χ1n) is 9.44. The standard InChI is InChI=1S/C24H21NO3/c26-23-16-15-22(25(23)28-24(27)21-9-5-2-6-10-21)17-18-11-13-20(14-12-18)19-7-3-1-4-8-19/h1-14,22H,15-17H2/t22-/m0/s1. The van der Waals surface area contributed by atoms with Crippen LogP contribution in [0.25, 0.3) is 11.1 Å². The Morgan fingerprint density at radius 2 is 1.46 bits per heavy atom. The molecule has 28 heavy (non-hydrogen) atoms. The molecule has 3 aromatic carbocycles. The number of benzene rings is 3. The van der Waals surface area contributed by atoms with Gasteiger partial charge in [0.25, 0.3) is 5.91 Å². The van der Waals surface area contributed by atoms with Crippen molar-refractivity contribution in [1.29, 1.82) is 0 Å². The van der Waals surface area contributed by atoms with Crippen molar-refractivity contribution in [3.05, 3.63) is 96.1 Å². The van der Waals surface area contributed by atoms with Gasteiger partial charge < -0.3 is 4.84 Å². The van der Waals surface area contributed by atoms with Gasteiger partial charge >= 0.3 is 5.97 Å². The Balaban J connectivity index is 1.44. The lowest BCUT2D eigenvalue weighted by Gasteiger charge is -2.23. The summed E-state index contributed by atoms with van der Waals surface area (Å²) in [5.41, 5.74) is 3.87. The van der Waals surface area contributed by atoms with Crippen molar-refractivity contribution < 1.29 is 14.4 Å². The lowest BCUT2D eigenvalue weighted by Crippen LogP contribution is -2.36. The van der Waals surface area contributed by atoms with Gasteiger partial charge in [0, 0.05) is 6.42 Å². The van der Waals surface area contributed by atoms with Crippen LogP contribution in [-0.4, -0.2) is 23.0 Å². The molecule has 4 heteroatoms. The molecule has 4 rings (SSSR count). The van der Waals surface area contributed by atoms with E-state index in [-0.39, 0.29) is 11.9 Å². The van der Waals surface area contributed by atoms with E-state index in [0.29, 0.717) is 24.8 Å². The van der Waals surface area contributed by atoms with Crippen LogP contribution in [-0.2, 0) is 16.1 Å². The van der Waals surface area contributed by atoms with Gasteiger partial charge in [-0.25, -0.2) is 4.79 Å². The Bertz CT molecular complexity index is 952. The second kappa shape index (κ2) is 8.09. The van der Waals surface area contributed by atoms with E-state index in [1.807, 2.05) is 24.3 Å². The Morgan fingerprint density at radius 1 is 0.857 bits per heavy atom. The highest BCUT2D eigenvalue weighted by atomic mass is 16.7. The molecule has 1 fully saturated rings. The van der Waals surface area contributed by atoms with Crippen molar-refractivity contribution in [3.63, 3.8) is 0 Å². The fourth-order valence-electron chi connectivity index (χ4n) is 3.48. The number of amides is 1. The molecule has 1 amide bonds. The number of carbonyl (C=O) groups is 2. The topological polar surface area (TPSA) is 46.6 Å². The van der Waals surface area contributed by atoms with Crippen LogP contribution in [0.1, 0.15) is 28.8 Å². The summed E-state index contributed by atoms with van der Waals surface area (Å²) in [5.74, 6) is -0.643. The molecule has 1 heterocycles. The fraction of sp³-hybridized carbons (Fsp3) is 0.167. The summed E-state index contributed by atoms with van der Waals surface area (Å²) in [6.45, 7) is 0. The molecule has 0 spiro atoms. The molecule has 3 aromatic rings. The van der Waals surface area contributed by atoms with E-state index in [0.717, 1.165) is 11.1 Å². The molecule has 0 aliphatic carbocycles. The number of hydroxylamine groups is 2. The fourth-order valence-corrected chi connectivity index (χ4v) is 3.48. The Morgan fingerprint density at radius 3 is 2.14 bits per heavy atom. The number of hydrogen-bond acceptors (Lipinski definition) is 3. The van der Waals surface area contributed by atoms with Crippen molar-refractivity contribution in [2.75, 3.05) is 0 Å². The van der Waals surface area contributed by atoms with Crippen LogP contribution in [0.4, 0.5) is 0 Å². The maximum Gasteiger partial charge on any atom is 0.363 e. The summed E-state index contributed by atoms with van der Waals surface area (Å²) in [4.78, 5) is 30.0. The molecule has 0 aromatic heterocycles. The Hall–Kier alpha value is -3.40. The number of carbonyl (C=O) groups excluding carboxylic acids is 2. The molecule has 1 saturated heterocycles. The minimum atomic E-state index is -0.500. The van der Waals surface area contributed by atoms with Crippen LogP contribution < -0.4 is 0 Å². The lowest BCUT2D eigenvalue weighted by molar-refractivity contribution is -0.167. The van der Waals surface area contributed by atoms with Crippen molar-refractivity contribution in [2.45, 2.75) is 25.3 Å². The lowest BCUT2D eigenvalue weighted by atomic mass is 10.00. The van der Waals surface area contributed by atoms with Gasteiger partial charge in [-0.15, -0.1) is 0 Å². The molecule has 0 unspecified atom stereocenters. The van der Waals surface area contributed by atoms with Gasteiger partial charge in [0.05, 0.1) is 11.6 Å². The van der Waals surface area contributed by atoms with Crippen LogP contribution in [0.5, 0.6) is 0 Å². The first-order valence-corrected chi connectivity index (χ1v) is 9.44. The predicted octanol–water partition coefficient (Wildman–Crippen LogP) is 4.66. The van der Waals surface area contributed by atoms with Crippen LogP contribution in [0.15, 0.2) is 84.9 Å². The van der Waals surface area contributed by atoms with Gasteiger partial charge in [-0.1, -0.05) is 72.8 Å². The SMILES string of the molecule is O=C(ON1C(=O)CC[C@H]1Cc1ccc(-c2ccccc2)cc1)c1ccccc1. The highest BCUT2D eigenvalue weighted by molar-refractivity contribution is 5.90. The van der Waals surface area contributed by atoms with E-state index in [1.165, 1.54) is 10.6 Å². The molecule has 0 saturated carbocycles. The molecule has 1 aliphatic heterocycles. The Kier molecular flexibility index (Phi) is 5.20. The normalized spacial score (nSPS) is 16.2. The second-order valence-electron chi connectivity index (χ2n) is 6.92. The van der Waals surface area contributed by atoms with Crippen molar-refractivity contribution in [3.8, 4) is 11.1 Å². The van der Waals surface area contributed by atoms with Gasteiger partial charge in [0.15, 0.2) is 0 Å². The molecule has 140 valence electrons. The van der Waals surface area contributed by atoms with Gasteiger partial charge in [-0.2, -0.15) is 5.06 Å². The third-order valence-electron chi connectivity index (χ3n) is 4.99. The summed E-state index contributed by atoms with van der Waals surface area (Å²) in [6, 6.07) is 27.1. The van der Waals surface area contributed by atoms with E-state index in [9.17, 15) is 9.59 Å². The second-order valence-corrected chi connectivity index (χ2v) is 6.92. The zero-order valence-electron chi connectivity index (χ0n) is 15.5. The van der Waals surface area contributed by atoms with Crippen molar-refractivity contribution in [2.24, 2.45) is 0 Å². The number of rotatable bonds is 5. The van der Waals surface area contributed by atoms with Crippen LogP contribution in [0.2, 0.25) is 0 Å². The van der Waals surface area contributed by atoms with Crippen LogP contribution in [0.3, 0.4) is 0 Å². The van der Waals surface area contributed by atoms with Gasteiger partial charge in [-0.05, 0) is 41.7 Å². The van der Waals surface area contributed by atoms with Crippen LogP contribution >= 0.6 is 0 Å². The molecular formula is C24H21NO3. The van der Waals surface area contributed by atoms with Gasteiger partial charge in [0.1, 0.15) is 0 Å². The zero-order chi connectivity index (χ0) is 19.3. The van der Waals surface area contributed by atoms with E-state index in [1.54, 1.807) is 24.3 Å². The third kappa shape index (κ3) is 3.96. The largest absolute Gasteiger partial charge is 0.363 e. The summed E-state index contributed by atoms with van der Waals surface area (Å²) >= 11 is 0. The predicted molar refractivity (Wildman–Crippen MR) is 107 cm³/mol. The number of hydrogen-bond donors (Lipinski definition) is 0. The average molecular weight is 371 g/mol. The summed E-state index contributed by atoms with van der Waals surface area (Å²) in [5, 5.41) is 1.26. The third-order valence-corrected chi connectivity index (χ3v) is 4.99. The smallest absolute Gasteiger partial charge is 0.332 e. The Labute approximate surface area is 164 Å². The minimum Gasteiger partial charge on any atom is -0.332 e. The highest BCUT2D eigenvalue weighted by Gasteiger charge is 2.34. The highest BCUT2D eigenvalue weighted by Crippen LogP contribution is 2.25. The van der Waals surface area contributed by atoms with E-state index >= 15 is 0 Å². The van der Waals surface area contributed by atoms with Gasteiger partial charge in [-0.3, -0.25) is 4.79 Å². The quantitative estimate of drug-likeness (QED) is 0.655. The first kappa shape index (κ1) is 18.0. The maximum atomic E-state index is 12.3. The monoisotopic (exact) mass is 371 g/mol. The van der Waals surface area contributed by atoms with E-state index in [2.05, 4.69) is 36.4 Å². The molecular weight excluding hydrogens is 350 g/mol. The molecule has 1 aliphatic rings. The molecule has 1 atom stereocenters. The van der Waals surface area contributed by atoms with E-state index < -0.39 is 5.97 Å².